The number of carboxylic acids is 1. The molecule has 0 radical (unpaired) electrons. The van der Waals surface area contributed by atoms with Crippen LogP contribution in [0.1, 0.15) is 22.5 Å². The second-order valence-corrected chi connectivity index (χ2v) is 5.14. The van der Waals surface area contributed by atoms with Crippen molar-refractivity contribution < 1.29 is 19.4 Å². The van der Waals surface area contributed by atoms with Crippen molar-refractivity contribution in [1.29, 1.82) is 0 Å². The minimum absolute atomic E-state index is 0.0642. The molecular formula is C12H15NO4S. The number of hydrogen-bond donors (Lipinski definition) is 1. The van der Waals surface area contributed by atoms with Gasteiger partial charge in [-0.15, -0.1) is 11.3 Å². The van der Waals surface area contributed by atoms with Gasteiger partial charge in [-0.25, -0.2) is 0 Å². The predicted octanol–water partition coefficient (Wildman–Crippen LogP) is 1.69. The van der Waals surface area contributed by atoms with E-state index in [1.165, 1.54) is 18.4 Å². The molecule has 2 rings (SSSR count). The highest BCUT2D eigenvalue weighted by atomic mass is 32.1. The Labute approximate surface area is 109 Å². The van der Waals surface area contributed by atoms with Gasteiger partial charge in [-0.3, -0.25) is 9.59 Å². The lowest BCUT2D eigenvalue weighted by Crippen LogP contribution is -2.40. The Bertz CT molecular complexity index is 449. The first-order chi connectivity index (χ1) is 8.63. The van der Waals surface area contributed by atoms with Crippen LogP contribution in [-0.2, 0) is 4.79 Å². The summed E-state index contributed by atoms with van der Waals surface area (Å²) in [5, 5.41) is 10.7. The van der Waals surface area contributed by atoms with Crippen LogP contribution in [0.2, 0.25) is 0 Å². The van der Waals surface area contributed by atoms with E-state index in [9.17, 15) is 9.59 Å². The minimum atomic E-state index is -0.768. The maximum absolute atomic E-state index is 12.2. The lowest BCUT2D eigenvalue weighted by atomic mass is 9.97. The van der Waals surface area contributed by atoms with Crippen molar-refractivity contribution in [2.24, 2.45) is 5.92 Å². The third kappa shape index (κ3) is 2.48. The smallest absolute Gasteiger partial charge is 0.306 e. The average Bonchev–Trinajstić information content (AvgIpc) is 2.86. The quantitative estimate of drug-likeness (QED) is 0.906. The molecule has 1 N–H and O–H groups in total. The Kier molecular flexibility index (Phi) is 3.86. The first-order valence-corrected chi connectivity index (χ1v) is 6.65. The van der Waals surface area contributed by atoms with Gasteiger partial charge >= 0.3 is 5.97 Å². The van der Waals surface area contributed by atoms with Crippen molar-refractivity contribution in [2.75, 3.05) is 20.2 Å². The van der Waals surface area contributed by atoms with Crippen molar-refractivity contribution in [3.8, 4) is 5.75 Å². The topological polar surface area (TPSA) is 66.8 Å². The molecule has 1 aliphatic rings. The van der Waals surface area contributed by atoms with E-state index in [0.29, 0.717) is 36.6 Å². The fraction of sp³-hybridized carbons (Fsp3) is 0.500. The van der Waals surface area contributed by atoms with E-state index in [4.69, 9.17) is 9.84 Å². The number of carboxylic acid groups (broad SMARTS) is 1. The molecule has 1 aromatic rings. The van der Waals surface area contributed by atoms with Crippen molar-refractivity contribution in [1.82, 2.24) is 4.90 Å². The van der Waals surface area contributed by atoms with Crippen molar-refractivity contribution in [2.45, 2.75) is 12.8 Å². The number of nitrogens with zero attached hydrogens (tertiary/aromatic N) is 1. The molecule has 1 amide bonds. The molecule has 0 bridgehead atoms. The van der Waals surface area contributed by atoms with Crippen LogP contribution in [0.15, 0.2) is 11.4 Å². The Morgan fingerprint density at radius 1 is 1.44 bits per heavy atom. The van der Waals surface area contributed by atoms with Gasteiger partial charge in [0.05, 0.1) is 13.0 Å². The molecule has 1 saturated heterocycles. The maximum atomic E-state index is 12.2. The number of carbonyl (C=O) groups is 2. The number of methoxy groups -OCH3 is 1. The molecule has 0 atom stereocenters. The SMILES string of the molecule is COc1ccsc1C(=O)N1CCC(C(=O)O)CC1. The third-order valence-electron chi connectivity index (χ3n) is 3.17. The number of piperidine rings is 1. The minimum Gasteiger partial charge on any atom is -0.495 e. The molecule has 1 aliphatic heterocycles. The van der Waals surface area contributed by atoms with Crippen LogP contribution in [0.25, 0.3) is 0 Å². The molecule has 0 aliphatic carbocycles. The van der Waals surface area contributed by atoms with Crippen LogP contribution < -0.4 is 4.74 Å². The number of thiophene rings is 1. The Morgan fingerprint density at radius 2 is 2.11 bits per heavy atom. The van der Waals surface area contributed by atoms with E-state index < -0.39 is 5.97 Å². The fourth-order valence-electron chi connectivity index (χ4n) is 2.09. The normalized spacial score (nSPS) is 16.6. The van der Waals surface area contributed by atoms with Gasteiger partial charge in [0, 0.05) is 13.1 Å². The Balaban J connectivity index is 2.02. The molecule has 2 heterocycles. The first kappa shape index (κ1) is 12.9. The van der Waals surface area contributed by atoms with Crippen LogP contribution in [-0.4, -0.2) is 42.1 Å². The van der Waals surface area contributed by atoms with E-state index in [1.54, 1.807) is 11.0 Å². The highest BCUT2D eigenvalue weighted by molar-refractivity contribution is 7.12. The molecule has 1 fully saturated rings. The second-order valence-electron chi connectivity index (χ2n) is 4.22. The molecule has 1 aromatic heterocycles. The zero-order chi connectivity index (χ0) is 13.1. The highest BCUT2D eigenvalue weighted by Crippen LogP contribution is 2.28. The average molecular weight is 269 g/mol. The summed E-state index contributed by atoms with van der Waals surface area (Å²) in [6.07, 6.45) is 1.05. The molecule has 98 valence electrons. The molecule has 6 heteroatoms. The van der Waals surface area contributed by atoms with Gasteiger partial charge in [0.2, 0.25) is 0 Å². The summed E-state index contributed by atoms with van der Waals surface area (Å²) in [4.78, 5) is 25.4. The molecule has 0 saturated carbocycles. The van der Waals surface area contributed by atoms with Gasteiger partial charge < -0.3 is 14.7 Å². The molecule has 0 aromatic carbocycles. The van der Waals surface area contributed by atoms with E-state index in [-0.39, 0.29) is 11.8 Å². The van der Waals surface area contributed by atoms with Gasteiger partial charge in [0.1, 0.15) is 10.6 Å². The molecular weight excluding hydrogens is 254 g/mol. The largest absolute Gasteiger partial charge is 0.495 e. The van der Waals surface area contributed by atoms with E-state index >= 15 is 0 Å². The third-order valence-corrected chi connectivity index (χ3v) is 4.06. The van der Waals surface area contributed by atoms with Crippen LogP contribution in [0, 0.1) is 5.92 Å². The molecule has 18 heavy (non-hydrogen) atoms. The Hall–Kier alpha value is -1.56. The van der Waals surface area contributed by atoms with Crippen molar-refractivity contribution >= 4 is 23.2 Å². The number of likely N-dealkylation sites (tertiary alicyclic amines) is 1. The van der Waals surface area contributed by atoms with Gasteiger partial charge in [-0.1, -0.05) is 0 Å². The van der Waals surface area contributed by atoms with Crippen molar-refractivity contribution in [3.05, 3.63) is 16.3 Å². The van der Waals surface area contributed by atoms with Gasteiger partial charge in [0.15, 0.2) is 0 Å². The molecule has 5 nitrogen and oxygen atoms in total. The predicted molar refractivity (Wildman–Crippen MR) is 67.1 cm³/mol. The van der Waals surface area contributed by atoms with Crippen LogP contribution in [0.5, 0.6) is 5.75 Å². The number of aliphatic carboxylic acids is 1. The number of hydrogen-bond acceptors (Lipinski definition) is 4. The first-order valence-electron chi connectivity index (χ1n) is 5.77. The number of ether oxygens (including phenoxy) is 1. The summed E-state index contributed by atoms with van der Waals surface area (Å²) < 4.78 is 5.13. The molecule has 0 unspecified atom stereocenters. The van der Waals surface area contributed by atoms with Crippen LogP contribution in [0.3, 0.4) is 0 Å². The second kappa shape index (κ2) is 5.39. The van der Waals surface area contributed by atoms with Gasteiger partial charge in [0.25, 0.3) is 5.91 Å². The van der Waals surface area contributed by atoms with Crippen LogP contribution in [0.4, 0.5) is 0 Å². The summed E-state index contributed by atoms with van der Waals surface area (Å²) in [5.41, 5.74) is 0. The number of amides is 1. The van der Waals surface area contributed by atoms with E-state index in [1.807, 2.05) is 5.38 Å². The monoisotopic (exact) mass is 269 g/mol. The number of carbonyl (C=O) groups excluding carboxylic acids is 1. The fourth-order valence-corrected chi connectivity index (χ4v) is 2.91. The van der Waals surface area contributed by atoms with Crippen molar-refractivity contribution in [3.63, 3.8) is 0 Å². The zero-order valence-corrected chi connectivity index (χ0v) is 10.9. The lowest BCUT2D eigenvalue weighted by molar-refractivity contribution is -0.143. The number of rotatable bonds is 3. The van der Waals surface area contributed by atoms with E-state index in [2.05, 4.69) is 0 Å². The van der Waals surface area contributed by atoms with Gasteiger partial charge in [-0.05, 0) is 24.3 Å². The molecule has 0 spiro atoms. The summed E-state index contributed by atoms with van der Waals surface area (Å²) in [5.74, 6) is -0.564. The lowest BCUT2D eigenvalue weighted by Gasteiger charge is -2.29. The zero-order valence-electron chi connectivity index (χ0n) is 10.1. The van der Waals surface area contributed by atoms with Gasteiger partial charge in [-0.2, -0.15) is 0 Å². The van der Waals surface area contributed by atoms with Crippen LogP contribution >= 0.6 is 11.3 Å². The maximum Gasteiger partial charge on any atom is 0.306 e. The summed E-state index contributed by atoms with van der Waals surface area (Å²) in [7, 11) is 1.54. The highest BCUT2D eigenvalue weighted by Gasteiger charge is 2.29. The summed E-state index contributed by atoms with van der Waals surface area (Å²) in [6.45, 7) is 0.994. The van der Waals surface area contributed by atoms with E-state index in [0.717, 1.165) is 0 Å². The standard InChI is InChI=1S/C12H15NO4S/c1-17-9-4-7-18-10(9)11(14)13-5-2-8(3-6-13)12(15)16/h4,7-8H,2-3,5-6H2,1H3,(H,15,16). The summed E-state index contributed by atoms with van der Waals surface area (Å²) >= 11 is 1.35. The summed E-state index contributed by atoms with van der Waals surface area (Å²) in [6, 6.07) is 1.77. The Morgan fingerprint density at radius 3 is 2.67 bits per heavy atom.